The maximum atomic E-state index is 5.84. The van der Waals surface area contributed by atoms with Crippen molar-refractivity contribution in [2.75, 3.05) is 5.73 Å². The largest absolute Gasteiger partial charge is 0.487 e. The minimum Gasteiger partial charge on any atom is -0.487 e. The lowest BCUT2D eigenvalue weighted by Crippen LogP contribution is -1.97. The van der Waals surface area contributed by atoms with Gasteiger partial charge in [-0.05, 0) is 18.6 Å². The van der Waals surface area contributed by atoms with Gasteiger partial charge in [0.15, 0.2) is 4.96 Å². The zero-order valence-electron chi connectivity index (χ0n) is 9.96. The summed E-state index contributed by atoms with van der Waals surface area (Å²) in [6.07, 6.45) is 3.96. The fraction of sp³-hybridized carbons (Fsp3) is 0.154. The van der Waals surface area contributed by atoms with Gasteiger partial charge in [-0.3, -0.25) is 4.40 Å². The van der Waals surface area contributed by atoms with E-state index in [-0.39, 0.29) is 0 Å². The standard InChI is InChI=1S/C13H13N3OS/c1-9-2-3-11(6-12(9)14)17-8-10-7-16-4-5-18-13(16)15-10/h2-7H,8,14H2,1H3. The lowest BCUT2D eigenvalue weighted by Gasteiger charge is -2.06. The number of nitrogens with two attached hydrogens (primary N) is 1. The summed E-state index contributed by atoms with van der Waals surface area (Å²) in [6.45, 7) is 2.43. The van der Waals surface area contributed by atoms with Gasteiger partial charge in [0.2, 0.25) is 0 Å². The minimum absolute atomic E-state index is 0.455. The molecule has 2 heterocycles. The fourth-order valence-corrected chi connectivity index (χ4v) is 2.43. The molecule has 0 amide bonds. The SMILES string of the molecule is Cc1ccc(OCc2cn3ccsc3n2)cc1N. The monoisotopic (exact) mass is 259 g/mol. The molecule has 0 saturated heterocycles. The Morgan fingerprint density at radius 3 is 3.11 bits per heavy atom. The number of aryl methyl sites for hydroxylation is 1. The highest BCUT2D eigenvalue weighted by Gasteiger charge is 2.04. The Morgan fingerprint density at radius 2 is 2.33 bits per heavy atom. The second-order valence-electron chi connectivity index (χ2n) is 4.13. The first-order chi connectivity index (χ1) is 8.72. The van der Waals surface area contributed by atoms with Gasteiger partial charge < -0.3 is 10.5 Å². The first-order valence-electron chi connectivity index (χ1n) is 5.62. The van der Waals surface area contributed by atoms with Crippen LogP contribution in [-0.4, -0.2) is 9.38 Å². The molecule has 0 aliphatic carbocycles. The summed E-state index contributed by atoms with van der Waals surface area (Å²) in [6, 6.07) is 5.72. The highest BCUT2D eigenvalue weighted by atomic mass is 32.1. The maximum Gasteiger partial charge on any atom is 0.193 e. The molecular formula is C13H13N3OS. The summed E-state index contributed by atoms with van der Waals surface area (Å²) in [7, 11) is 0. The maximum absolute atomic E-state index is 5.84. The van der Waals surface area contributed by atoms with Crippen LogP contribution in [0.1, 0.15) is 11.3 Å². The number of fused-ring (bicyclic) bond motifs is 1. The van der Waals surface area contributed by atoms with Crippen LogP contribution < -0.4 is 10.5 Å². The molecule has 0 unspecified atom stereocenters. The first kappa shape index (κ1) is 11.1. The molecule has 1 aromatic carbocycles. The smallest absolute Gasteiger partial charge is 0.193 e. The number of imidazole rings is 1. The average Bonchev–Trinajstić information content (AvgIpc) is 2.91. The lowest BCUT2D eigenvalue weighted by atomic mass is 10.2. The van der Waals surface area contributed by atoms with E-state index in [0.717, 1.165) is 27.7 Å². The molecular weight excluding hydrogens is 246 g/mol. The Morgan fingerprint density at radius 1 is 1.44 bits per heavy atom. The number of rotatable bonds is 3. The Hall–Kier alpha value is -2.01. The summed E-state index contributed by atoms with van der Waals surface area (Å²) in [5.74, 6) is 0.773. The predicted molar refractivity (Wildman–Crippen MR) is 73.0 cm³/mol. The number of benzene rings is 1. The topological polar surface area (TPSA) is 52.5 Å². The molecule has 0 aliphatic heterocycles. The molecule has 3 aromatic rings. The normalized spacial score (nSPS) is 10.9. The van der Waals surface area contributed by atoms with Gasteiger partial charge in [-0.1, -0.05) is 6.07 Å². The summed E-state index contributed by atoms with van der Waals surface area (Å²) in [5.41, 5.74) is 8.56. The quantitative estimate of drug-likeness (QED) is 0.736. The molecule has 0 fully saturated rings. The molecule has 92 valence electrons. The molecule has 2 aromatic heterocycles. The Labute approximate surface area is 109 Å². The van der Waals surface area contributed by atoms with E-state index in [1.807, 2.05) is 47.3 Å². The second kappa shape index (κ2) is 4.34. The molecule has 4 nitrogen and oxygen atoms in total. The minimum atomic E-state index is 0.455. The fourth-order valence-electron chi connectivity index (χ4n) is 1.71. The number of ether oxygens (including phenoxy) is 1. The van der Waals surface area contributed by atoms with Crippen LogP contribution >= 0.6 is 11.3 Å². The Kier molecular flexibility index (Phi) is 2.68. The molecule has 0 saturated carbocycles. The van der Waals surface area contributed by atoms with Crippen molar-refractivity contribution in [3.8, 4) is 5.75 Å². The molecule has 0 aliphatic rings. The van der Waals surface area contributed by atoms with Crippen molar-refractivity contribution in [3.05, 3.63) is 47.2 Å². The summed E-state index contributed by atoms with van der Waals surface area (Å²) in [5, 5.41) is 2.01. The van der Waals surface area contributed by atoms with E-state index in [1.165, 1.54) is 0 Å². The number of aromatic nitrogens is 2. The van der Waals surface area contributed by atoms with E-state index in [1.54, 1.807) is 11.3 Å². The number of hydrogen-bond donors (Lipinski definition) is 1. The molecule has 0 bridgehead atoms. The Balaban J connectivity index is 1.73. The van der Waals surface area contributed by atoms with E-state index in [0.29, 0.717) is 6.61 Å². The number of thiazole rings is 1. The second-order valence-corrected chi connectivity index (χ2v) is 5.01. The Bertz CT molecular complexity index is 658. The van der Waals surface area contributed by atoms with Crippen LogP contribution in [0, 0.1) is 6.92 Å². The molecule has 5 heteroatoms. The van der Waals surface area contributed by atoms with Crippen LogP contribution in [0.2, 0.25) is 0 Å². The van der Waals surface area contributed by atoms with E-state index in [2.05, 4.69) is 4.98 Å². The summed E-state index contributed by atoms with van der Waals surface area (Å²) >= 11 is 1.61. The highest BCUT2D eigenvalue weighted by Crippen LogP contribution is 2.20. The van der Waals surface area contributed by atoms with Gasteiger partial charge in [0, 0.05) is 29.5 Å². The van der Waals surface area contributed by atoms with E-state index < -0.39 is 0 Å². The van der Waals surface area contributed by atoms with Gasteiger partial charge in [-0.2, -0.15) is 0 Å². The molecule has 0 spiro atoms. The van der Waals surface area contributed by atoms with Gasteiger partial charge in [0.25, 0.3) is 0 Å². The van der Waals surface area contributed by atoms with Crippen molar-refractivity contribution in [1.82, 2.24) is 9.38 Å². The number of nitrogens with zero attached hydrogens (tertiary/aromatic N) is 2. The summed E-state index contributed by atoms with van der Waals surface area (Å²) in [4.78, 5) is 5.44. The molecule has 18 heavy (non-hydrogen) atoms. The predicted octanol–water partition coefficient (Wildman–Crippen LogP) is 2.87. The van der Waals surface area contributed by atoms with E-state index in [9.17, 15) is 0 Å². The van der Waals surface area contributed by atoms with E-state index in [4.69, 9.17) is 10.5 Å². The molecule has 2 N–H and O–H groups in total. The summed E-state index contributed by atoms with van der Waals surface area (Å²) < 4.78 is 7.67. The van der Waals surface area contributed by atoms with Gasteiger partial charge in [-0.15, -0.1) is 11.3 Å². The molecule has 0 radical (unpaired) electrons. The third-order valence-electron chi connectivity index (χ3n) is 2.78. The van der Waals surface area contributed by atoms with Crippen molar-refractivity contribution in [3.63, 3.8) is 0 Å². The third kappa shape index (κ3) is 2.04. The van der Waals surface area contributed by atoms with E-state index >= 15 is 0 Å². The van der Waals surface area contributed by atoms with Crippen molar-refractivity contribution in [2.45, 2.75) is 13.5 Å². The van der Waals surface area contributed by atoms with Crippen molar-refractivity contribution in [2.24, 2.45) is 0 Å². The zero-order valence-corrected chi connectivity index (χ0v) is 10.8. The van der Waals surface area contributed by atoms with Gasteiger partial charge in [0.1, 0.15) is 12.4 Å². The first-order valence-corrected chi connectivity index (χ1v) is 6.50. The van der Waals surface area contributed by atoms with Crippen LogP contribution in [-0.2, 0) is 6.61 Å². The van der Waals surface area contributed by atoms with Crippen molar-refractivity contribution >= 4 is 22.0 Å². The third-order valence-corrected chi connectivity index (χ3v) is 3.55. The van der Waals surface area contributed by atoms with Gasteiger partial charge in [0.05, 0.1) is 5.69 Å². The lowest BCUT2D eigenvalue weighted by molar-refractivity contribution is 0.302. The number of anilines is 1. The van der Waals surface area contributed by atoms with Crippen LogP contribution in [0.4, 0.5) is 5.69 Å². The average molecular weight is 259 g/mol. The van der Waals surface area contributed by atoms with Crippen molar-refractivity contribution < 1.29 is 4.74 Å². The highest BCUT2D eigenvalue weighted by molar-refractivity contribution is 7.15. The van der Waals surface area contributed by atoms with Crippen LogP contribution in [0.5, 0.6) is 5.75 Å². The zero-order chi connectivity index (χ0) is 12.5. The van der Waals surface area contributed by atoms with Crippen LogP contribution in [0.3, 0.4) is 0 Å². The van der Waals surface area contributed by atoms with Crippen LogP contribution in [0.15, 0.2) is 36.0 Å². The van der Waals surface area contributed by atoms with Crippen molar-refractivity contribution in [1.29, 1.82) is 0 Å². The number of nitrogen functional groups attached to an aromatic ring is 1. The molecule has 3 rings (SSSR count). The van der Waals surface area contributed by atoms with Gasteiger partial charge in [-0.25, -0.2) is 4.98 Å². The van der Waals surface area contributed by atoms with Crippen LogP contribution in [0.25, 0.3) is 4.96 Å². The number of hydrogen-bond acceptors (Lipinski definition) is 4. The molecule has 0 atom stereocenters. The van der Waals surface area contributed by atoms with Gasteiger partial charge >= 0.3 is 0 Å².